The van der Waals surface area contributed by atoms with E-state index in [2.05, 4.69) is 240 Å². The number of benzene rings is 11. The number of para-hydroxylation sites is 4. The second-order valence-electron chi connectivity index (χ2n) is 18.8. The molecule has 0 aromatic heterocycles. The third-order valence-corrected chi connectivity index (χ3v) is 15.1. The zero-order valence-corrected chi connectivity index (χ0v) is 38.5. The molecule has 1 spiro atoms. The minimum atomic E-state index is -0.451. The average molecular weight is 907 g/mol. The molecule has 4 heteroatoms. The number of fused-ring (bicyclic) bond motifs is 14. The maximum absolute atomic E-state index is 6.81. The van der Waals surface area contributed by atoms with Crippen molar-refractivity contribution in [3.63, 3.8) is 0 Å². The molecule has 0 fully saturated rings. The molecule has 0 saturated carbocycles. The normalized spacial score (nSPS) is 13.4. The third kappa shape index (κ3) is 5.79. The second-order valence-corrected chi connectivity index (χ2v) is 18.8. The lowest BCUT2D eigenvalue weighted by molar-refractivity contribution is 0.447. The molecule has 0 bridgehead atoms. The van der Waals surface area contributed by atoms with Crippen molar-refractivity contribution in [3.8, 4) is 78.6 Å². The molecule has 11 aromatic rings. The van der Waals surface area contributed by atoms with E-state index in [1.807, 2.05) is 24.3 Å². The van der Waals surface area contributed by atoms with Crippen LogP contribution in [0.4, 0.5) is 34.1 Å². The van der Waals surface area contributed by atoms with Crippen molar-refractivity contribution in [3.05, 3.63) is 277 Å². The van der Waals surface area contributed by atoms with Crippen LogP contribution in [0.25, 0.3) is 55.6 Å². The van der Waals surface area contributed by atoms with Crippen molar-refractivity contribution >= 4 is 34.1 Å². The maximum atomic E-state index is 6.81. The summed E-state index contributed by atoms with van der Waals surface area (Å²) in [5.41, 5.74) is 22.8. The zero-order valence-electron chi connectivity index (χ0n) is 38.5. The number of hydrogen-bond donors (Lipinski definition) is 0. The van der Waals surface area contributed by atoms with Crippen molar-refractivity contribution in [2.45, 2.75) is 5.41 Å². The Balaban J connectivity index is 0.847. The van der Waals surface area contributed by atoms with Gasteiger partial charge in [-0.1, -0.05) is 176 Å². The summed E-state index contributed by atoms with van der Waals surface area (Å²) in [5, 5.41) is 0. The summed E-state index contributed by atoms with van der Waals surface area (Å²) in [6, 6.07) is 92.2. The van der Waals surface area contributed by atoms with Gasteiger partial charge in [-0.25, -0.2) is 0 Å². The lowest BCUT2D eigenvalue weighted by atomic mass is 9.70. The van der Waals surface area contributed by atoms with Gasteiger partial charge in [-0.3, -0.25) is 4.90 Å². The maximum Gasteiger partial charge on any atom is 0.163 e. The lowest BCUT2D eigenvalue weighted by Crippen LogP contribution is -2.26. The molecule has 0 saturated heterocycles. The Morgan fingerprint density at radius 2 is 0.761 bits per heavy atom. The molecule has 0 amide bonds. The summed E-state index contributed by atoms with van der Waals surface area (Å²) < 4.78 is 13.3. The fourth-order valence-corrected chi connectivity index (χ4v) is 12.0. The first-order valence-corrected chi connectivity index (χ1v) is 24.3. The van der Waals surface area contributed by atoms with Gasteiger partial charge in [-0.2, -0.15) is 0 Å². The third-order valence-electron chi connectivity index (χ3n) is 15.1. The van der Waals surface area contributed by atoms with Gasteiger partial charge in [0, 0.05) is 22.6 Å². The van der Waals surface area contributed by atoms with Gasteiger partial charge in [0.1, 0.15) is 5.69 Å². The van der Waals surface area contributed by atoms with E-state index < -0.39 is 5.41 Å². The van der Waals surface area contributed by atoms with Crippen molar-refractivity contribution in [1.82, 2.24) is 0 Å². The molecule has 15 rings (SSSR count). The molecule has 71 heavy (non-hydrogen) atoms. The Hall–Kier alpha value is -9.38. The van der Waals surface area contributed by atoms with E-state index >= 15 is 0 Å². The van der Waals surface area contributed by atoms with Gasteiger partial charge in [0.15, 0.2) is 23.0 Å². The monoisotopic (exact) mass is 906 g/mol. The summed E-state index contributed by atoms with van der Waals surface area (Å²) >= 11 is 0. The van der Waals surface area contributed by atoms with Crippen LogP contribution < -0.4 is 19.3 Å². The summed E-state index contributed by atoms with van der Waals surface area (Å²) in [6.45, 7) is 0. The first-order valence-electron chi connectivity index (χ1n) is 24.3. The standard InChI is InChI=1S/C67H42N2O2/c1-2-15-43(16-3-1)44-29-33-48(34-30-44)68(50-37-38-55-54-21-6-9-24-58(54)67(59(55)42-50)56-22-7-4-19-52(56)53-20-5-8-23-57(53)67)49-35-31-45(32-36-49)46-17-14-18-47(41-46)51-39-40-64-65-66(51)71-63-28-13-11-26-61(63)69(65)60-25-10-12-27-62(60)70-64/h1-42H. The number of nitrogens with zero attached hydrogens (tertiary/aromatic N) is 2. The van der Waals surface area contributed by atoms with Crippen molar-refractivity contribution in [2.24, 2.45) is 0 Å². The summed E-state index contributed by atoms with van der Waals surface area (Å²) in [6.07, 6.45) is 0. The number of rotatable bonds is 6. The van der Waals surface area contributed by atoms with E-state index in [9.17, 15) is 0 Å². The Morgan fingerprint density at radius 3 is 1.39 bits per heavy atom. The van der Waals surface area contributed by atoms with E-state index in [-0.39, 0.29) is 0 Å². The van der Waals surface area contributed by atoms with Crippen molar-refractivity contribution < 1.29 is 9.47 Å². The molecular weight excluding hydrogens is 865 g/mol. The predicted molar refractivity (Wildman–Crippen MR) is 289 cm³/mol. The minimum absolute atomic E-state index is 0.451. The molecule has 0 radical (unpaired) electrons. The van der Waals surface area contributed by atoms with E-state index in [4.69, 9.17) is 9.47 Å². The van der Waals surface area contributed by atoms with Crippen LogP contribution in [0.15, 0.2) is 255 Å². The van der Waals surface area contributed by atoms with Crippen LogP contribution in [-0.2, 0) is 5.41 Å². The van der Waals surface area contributed by atoms with Gasteiger partial charge in [-0.15, -0.1) is 0 Å². The van der Waals surface area contributed by atoms with Gasteiger partial charge in [-0.05, 0) is 151 Å². The quantitative estimate of drug-likeness (QED) is 0.166. The second kappa shape index (κ2) is 15.3. The molecule has 2 heterocycles. The van der Waals surface area contributed by atoms with Crippen LogP contribution >= 0.6 is 0 Å². The molecular formula is C67H42N2O2. The topological polar surface area (TPSA) is 24.9 Å². The molecule has 0 unspecified atom stereocenters. The van der Waals surface area contributed by atoms with Crippen LogP contribution in [0.2, 0.25) is 0 Å². The van der Waals surface area contributed by atoms with Crippen LogP contribution in [-0.4, -0.2) is 0 Å². The number of hydrogen-bond acceptors (Lipinski definition) is 4. The molecule has 332 valence electrons. The molecule has 0 atom stereocenters. The zero-order chi connectivity index (χ0) is 46.6. The highest BCUT2D eigenvalue weighted by molar-refractivity contribution is 5.99. The first-order chi connectivity index (χ1) is 35.2. The summed E-state index contributed by atoms with van der Waals surface area (Å²) in [5.74, 6) is 3.17. The molecule has 2 aliphatic heterocycles. The van der Waals surface area contributed by atoms with E-state index in [0.717, 1.165) is 79.4 Å². The number of anilines is 6. The van der Waals surface area contributed by atoms with Gasteiger partial charge in [0.05, 0.1) is 16.8 Å². The van der Waals surface area contributed by atoms with E-state index in [1.54, 1.807) is 0 Å². The Kier molecular flexibility index (Phi) is 8.54. The Labute approximate surface area is 412 Å². The smallest absolute Gasteiger partial charge is 0.163 e. The van der Waals surface area contributed by atoms with E-state index in [1.165, 1.54) is 55.6 Å². The largest absolute Gasteiger partial charge is 0.453 e. The Morgan fingerprint density at radius 1 is 0.296 bits per heavy atom. The molecule has 0 N–H and O–H groups in total. The molecule has 4 nitrogen and oxygen atoms in total. The van der Waals surface area contributed by atoms with Crippen LogP contribution in [0, 0.1) is 0 Å². The van der Waals surface area contributed by atoms with Crippen LogP contribution in [0.3, 0.4) is 0 Å². The SMILES string of the molecule is c1ccc(-c2ccc(N(c3ccc(-c4cccc(-c5ccc6c7c5Oc5ccccc5N7c5ccccc5O6)c4)cc3)c3ccc4c(c3)C3(c5ccccc5-c5ccccc53)c3ccccc3-4)cc2)cc1. The van der Waals surface area contributed by atoms with Crippen LogP contribution in [0.5, 0.6) is 23.0 Å². The van der Waals surface area contributed by atoms with Gasteiger partial charge in [0.2, 0.25) is 0 Å². The number of ether oxygens (including phenoxy) is 2. The fraction of sp³-hybridized carbons (Fsp3) is 0.0149. The average Bonchev–Trinajstić information content (AvgIpc) is 3.91. The predicted octanol–water partition coefficient (Wildman–Crippen LogP) is 18.2. The molecule has 11 aromatic carbocycles. The Bertz CT molecular complexity index is 3880. The first kappa shape index (κ1) is 39.6. The molecule has 2 aliphatic carbocycles. The van der Waals surface area contributed by atoms with Gasteiger partial charge < -0.3 is 14.4 Å². The lowest BCUT2D eigenvalue weighted by Gasteiger charge is -2.38. The van der Waals surface area contributed by atoms with Gasteiger partial charge in [0.25, 0.3) is 0 Å². The molecule has 4 aliphatic rings. The highest BCUT2D eigenvalue weighted by Gasteiger charge is 2.51. The van der Waals surface area contributed by atoms with Crippen molar-refractivity contribution in [2.75, 3.05) is 9.80 Å². The summed E-state index contributed by atoms with van der Waals surface area (Å²) in [4.78, 5) is 4.69. The summed E-state index contributed by atoms with van der Waals surface area (Å²) in [7, 11) is 0. The van der Waals surface area contributed by atoms with Crippen LogP contribution in [0.1, 0.15) is 22.3 Å². The highest BCUT2D eigenvalue weighted by Crippen LogP contribution is 2.64. The highest BCUT2D eigenvalue weighted by atomic mass is 16.5. The minimum Gasteiger partial charge on any atom is -0.453 e. The fourth-order valence-electron chi connectivity index (χ4n) is 12.0. The van der Waals surface area contributed by atoms with Gasteiger partial charge >= 0.3 is 0 Å². The van der Waals surface area contributed by atoms with E-state index in [0.29, 0.717) is 0 Å². The van der Waals surface area contributed by atoms with Crippen molar-refractivity contribution in [1.29, 1.82) is 0 Å².